The number of amides is 1. The minimum Gasteiger partial charge on any atom is -0.325 e. The van der Waals surface area contributed by atoms with E-state index in [4.69, 9.17) is 0 Å². The van der Waals surface area contributed by atoms with Gasteiger partial charge in [-0.15, -0.1) is 0 Å². The molecule has 0 radical (unpaired) electrons. The number of hydrogen-bond acceptors (Lipinski definition) is 3. The Morgan fingerprint density at radius 3 is 2.82 bits per heavy atom. The summed E-state index contributed by atoms with van der Waals surface area (Å²) in [4.78, 5) is 11.7. The van der Waals surface area contributed by atoms with Crippen LogP contribution < -0.4 is 16.0 Å². The van der Waals surface area contributed by atoms with Crippen molar-refractivity contribution >= 4 is 11.6 Å². The van der Waals surface area contributed by atoms with Crippen molar-refractivity contribution in [3.05, 3.63) is 30.3 Å². The number of hydrogen-bond donors (Lipinski definition) is 3. The number of nitrogens with one attached hydrogen (secondary N) is 3. The molecule has 1 fully saturated rings. The molecule has 0 saturated carbocycles. The van der Waals surface area contributed by atoms with Crippen LogP contribution in [0.25, 0.3) is 0 Å². The first-order valence-electron chi connectivity index (χ1n) is 5.99. The van der Waals surface area contributed by atoms with Crippen molar-refractivity contribution in [2.24, 2.45) is 0 Å². The van der Waals surface area contributed by atoms with Gasteiger partial charge in [0.25, 0.3) is 0 Å². The lowest BCUT2D eigenvalue weighted by Crippen LogP contribution is -2.47. The van der Waals surface area contributed by atoms with E-state index in [1.54, 1.807) is 0 Å². The lowest BCUT2D eigenvalue weighted by Gasteiger charge is -2.24. The minimum absolute atomic E-state index is 0.00400. The van der Waals surface area contributed by atoms with E-state index in [9.17, 15) is 4.79 Å². The Kier molecular flexibility index (Phi) is 3.76. The van der Waals surface area contributed by atoms with Crippen LogP contribution >= 0.6 is 0 Å². The highest BCUT2D eigenvalue weighted by molar-refractivity contribution is 5.92. The maximum atomic E-state index is 11.7. The maximum absolute atomic E-state index is 11.7. The lowest BCUT2D eigenvalue weighted by molar-refractivity contribution is -0.115. The molecule has 1 saturated heterocycles. The quantitative estimate of drug-likeness (QED) is 0.726. The van der Waals surface area contributed by atoms with Crippen molar-refractivity contribution in [2.75, 3.05) is 25.0 Å². The third kappa shape index (κ3) is 3.54. The normalized spacial score (nSPS) is 23.6. The zero-order chi connectivity index (χ0) is 12.1. The zero-order valence-electron chi connectivity index (χ0n) is 10.1. The number of benzene rings is 1. The lowest BCUT2D eigenvalue weighted by atomic mass is 10.0. The number of anilines is 1. The summed E-state index contributed by atoms with van der Waals surface area (Å²) in [6.45, 7) is 4.44. The van der Waals surface area contributed by atoms with Crippen molar-refractivity contribution in [2.45, 2.75) is 18.9 Å². The number of para-hydroxylation sites is 1. The Morgan fingerprint density at radius 1 is 1.41 bits per heavy atom. The van der Waals surface area contributed by atoms with Crippen LogP contribution in [0.3, 0.4) is 0 Å². The fourth-order valence-electron chi connectivity index (χ4n) is 1.99. The smallest absolute Gasteiger partial charge is 0.238 e. The Morgan fingerprint density at radius 2 is 2.18 bits per heavy atom. The molecule has 1 aliphatic rings. The molecule has 1 aromatic rings. The fraction of sp³-hybridized carbons (Fsp3) is 0.462. The van der Waals surface area contributed by atoms with Gasteiger partial charge >= 0.3 is 0 Å². The fourth-order valence-corrected chi connectivity index (χ4v) is 1.99. The van der Waals surface area contributed by atoms with Gasteiger partial charge < -0.3 is 16.0 Å². The third-order valence-corrected chi connectivity index (χ3v) is 3.10. The first kappa shape index (κ1) is 12.1. The van der Waals surface area contributed by atoms with Gasteiger partial charge in [-0.1, -0.05) is 18.2 Å². The number of rotatable bonds is 4. The second kappa shape index (κ2) is 5.29. The molecule has 1 atom stereocenters. The molecule has 0 spiro atoms. The van der Waals surface area contributed by atoms with Crippen LogP contribution in [0.4, 0.5) is 5.69 Å². The van der Waals surface area contributed by atoms with E-state index in [1.807, 2.05) is 30.3 Å². The van der Waals surface area contributed by atoms with Crippen LogP contribution in [0.1, 0.15) is 13.3 Å². The summed E-state index contributed by atoms with van der Waals surface area (Å²) in [5.74, 6) is 0.00400. The number of carbonyl (C=O) groups excluding carboxylic acids is 1. The van der Waals surface area contributed by atoms with Crippen molar-refractivity contribution < 1.29 is 4.79 Å². The van der Waals surface area contributed by atoms with Gasteiger partial charge in [0.05, 0.1) is 6.54 Å². The van der Waals surface area contributed by atoms with Crippen molar-refractivity contribution in [3.63, 3.8) is 0 Å². The second-order valence-electron chi connectivity index (χ2n) is 4.76. The molecular weight excluding hydrogens is 214 g/mol. The Hall–Kier alpha value is -1.39. The first-order chi connectivity index (χ1) is 8.18. The molecule has 1 heterocycles. The second-order valence-corrected chi connectivity index (χ2v) is 4.76. The molecule has 1 unspecified atom stereocenters. The molecule has 0 aromatic heterocycles. The summed E-state index contributed by atoms with van der Waals surface area (Å²) in [5.41, 5.74) is 0.891. The van der Waals surface area contributed by atoms with E-state index >= 15 is 0 Å². The Balaban J connectivity index is 1.78. The zero-order valence-corrected chi connectivity index (χ0v) is 10.1. The largest absolute Gasteiger partial charge is 0.325 e. The van der Waals surface area contributed by atoms with Gasteiger partial charge in [0.1, 0.15) is 0 Å². The molecule has 1 aliphatic heterocycles. The average Bonchev–Trinajstić information content (AvgIpc) is 2.76. The molecule has 2 rings (SSSR count). The van der Waals surface area contributed by atoms with Crippen LogP contribution in [0.5, 0.6) is 0 Å². The van der Waals surface area contributed by atoms with Crippen molar-refractivity contribution in [1.29, 1.82) is 0 Å². The highest BCUT2D eigenvalue weighted by Crippen LogP contribution is 2.12. The molecular formula is C13H19N3O. The molecule has 3 N–H and O–H groups in total. The summed E-state index contributed by atoms with van der Waals surface area (Å²) < 4.78 is 0. The monoisotopic (exact) mass is 233 g/mol. The molecule has 4 nitrogen and oxygen atoms in total. The van der Waals surface area contributed by atoms with Crippen molar-refractivity contribution in [1.82, 2.24) is 10.6 Å². The summed E-state index contributed by atoms with van der Waals surface area (Å²) >= 11 is 0. The van der Waals surface area contributed by atoms with Gasteiger partial charge in [0.15, 0.2) is 0 Å². The summed E-state index contributed by atoms with van der Waals surface area (Å²) in [6, 6.07) is 9.52. The molecule has 4 heteroatoms. The molecule has 17 heavy (non-hydrogen) atoms. The molecule has 0 aliphatic carbocycles. The summed E-state index contributed by atoms with van der Waals surface area (Å²) in [7, 11) is 0. The van der Waals surface area contributed by atoms with E-state index < -0.39 is 0 Å². The predicted molar refractivity (Wildman–Crippen MR) is 69.0 cm³/mol. The van der Waals surface area contributed by atoms with Crippen LogP contribution in [0, 0.1) is 0 Å². The van der Waals surface area contributed by atoms with Gasteiger partial charge in [0, 0.05) is 17.8 Å². The first-order valence-corrected chi connectivity index (χ1v) is 5.99. The van der Waals surface area contributed by atoms with Gasteiger partial charge in [-0.2, -0.15) is 0 Å². The highest BCUT2D eigenvalue weighted by Gasteiger charge is 2.28. The predicted octanol–water partition coefficient (Wildman–Crippen LogP) is 0.967. The van der Waals surface area contributed by atoms with Crippen LogP contribution in [0.15, 0.2) is 30.3 Å². The third-order valence-electron chi connectivity index (χ3n) is 3.10. The van der Waals surface area contributed by atoms with Gasteiger partial charge in [-0.3, -0.25) is 4.79 Å². The standard InChI is InChI=1S/C13H19N3O/c1-13(7-8-14-10-13)15-9-12(17)16-11-5-3-2-4-6-11/h2-6,14-15H,7-10H2,1H3,(H,16,17). The van der Waals surface area contributed by atoms with E-state index in [0.29, 0.717) is 6.54 Å². The Bertz CT molecular complexity index is 372. The van der Waals surface area contributed by atoms with E-state index in [1.165, 1.54) is 0 Å². The topological polar surface area (TPSA) is 53.2 Å². The molecule has 92 valence electrons. The SMILES string of the molecule is CC1(NCC(=O)Nc2ccccc2)CCNC1. The minimum atomic E-state index is 0.00400. The Labute approximate surface area is 102 Å². The van der Waals surface area contributed by atoms with Gasteiger partial charge in [-0.05, 0) is 32.0 Å². The van der Waals surface area contributed by atoms with Gasteiger partial charge in [0.2, 0.25) is 5.91 Å². The summed E-state index contributed by atoms with van der Waals surface area (Å²) in [6.07, 6.45) is 1.06. The van der Waals surface area contributed by atoms with Crippen LogP contribution in [-0.4, -0.2) is 31.1 Å². The van der Waals surface area contributed by atoms with E-state index in [2.05, 4.69) is 22.9 Å². The highest BCUT2D eigenvalue weighted by atomic mass is 16.1. The van der Waals surface area contributed by atoms with Crippen LogP contribution in [0.2, 0.25) is 0 Å². The summed E-state index contributed by atoms with van der Waals surface area (Å²) in [5, 5.41) is 9.46. The maximum Gasteiger partial charge on any atom is 0.238 e. The average molecular weight is 233 g/mol. The van der Waals surface area contributed by atoms with Crippen LogP contribution in [-0.2, 0) is 4.79 Å². The van der Waals surface area contributed by atoms with Gasteiger partial charge in [-0.25, -0.2) is 0 Å². The molecule has 1 aromatic carbocycles. The molecule has 0 bridgehead atoms. The van der Waals surface area contributed by atoms with E-state index in [-0.39, 0.29) is 11.4 Å². The number of carbonyl (C=O) groups is 1. The molecule has 1 amide bonds. The van der Waals surface area contributed by atoms with E-state index in [0.717, 1.165) is 25.2 Å². The van der Waals surface area contributed by atoms with Crippen molar-refractivity contribution in [3.8, 4) is 0 Å².